The number of anilines is 1. The van der Waals surface area contributed by atoms with Gasteiger partial charge in [0.05, 0.1) is 40.5 Å². The fraction of sp³-hybridized carbons (Fsp3) is 0.400. The zero-order chi connectivity index (χ0) is 38.7. The number of hydrogen-bond acceptors (Lipinski definition) is 11. The van der Waals surface area contributed by atoms with Crippen molar-refractivity contribution in [1.82, 2.24) is 35.6 Å². The van der Waals surface area contributed by atoms with Gasteiger partial charge in [-0.1, -0.05) is 63.2 Å². The fourth-order valence-corrected chi connectivity index (χ4v) is 7.82. The van der Waals surface area contributed by atoms with Gasteiger partial charge in [0.2, 0.25) is 17.7 Å². The summed E-state index contributed by atoms with van der Waals surface area (Å²) in [6, 6.07) is 14.5. The molecule has 4 aromatic rings. The Morgan fingerprint density at radius 3 is 2.44 bits per heavy atom. The molecule has 4 atom stereocenters. The highest BCUT2D eigenvalue weighted by molar-refractivity contribution is 7.13. The number of para-hydroxylation sites is 1. The number of aromatic nitrogens is 3. The van der Waals surface area contributed by atoms with E-state index >= 15 is 0 Å². The number of rotatable bonds is 10. The number of nitrogens with one attached hydrogen (secondary N) is 2. The van der Waals surface area contributed by atoms with Gasteiger partial charge in [0.15, 0.2) is 5.82 Å². The predicted molar refractivity (Wildman–Crippen MR) is 209 cm³/mol. The molecule has 13 nitrogen and oxygen atoms in total. The lowest BCUT2D eigenvalue weighted by molar-refractivity contribution is -0.144. The van der Waals surface area contributed by atoms with Crippen molar-refractivity contribution in [2.24, 2.45) is 5.41 Å². The molecular weight excluding hydrogens is 705 g/mol. The predicted octanol–water partition coefficient (Wildman–Crippen LogP) is 4.32. The molecule has 6 rings (SSSR count). The van der Waals surface area contributed by atoms with Crippen molar-refractivity contribution >= 4 is 40.4 Å². The van der Waals surface area contributed by atoms with E-state index in [1.54, 1.807) is 29.5 Å². The van der Waals surface area contributed by atoms with E-state index in [1.165, 1.54) is 4.90 Å². The van der Waals surface area contributed by atoms with Crippen molar-refractivity contribution in [2.45, 2.75) is 71.7 Å². The van der Waals surface area contributed by atoms with E-state index < -0.39 is 29.5 Å². The van der Waals surface area contributed by atoms with E-state index in [0.717, 1.165) is 32.8 Å². The Morgan fingerprint density at radius 2 is 1.80 bits per heavy atom. The molecule has 4 heterocycles. The number of nitrogens with zero attached hydrogens (tertiary/aromatic N) is 5. The van der Waals surface area contributed by atoms with Gasteiger partial charge < -0.3 is 31.5 Å². The maximum absolute atomic E-state index is 14.2. The molecular formula is C40H48N8O5S. The number of phenols is 1. The van der Waals surface area contributed by atoms with E-state index in [1.807, 2.05) is 87.5 Å². The first-order valence-corrected chi connectivity index (χ1v) is 19.0. The molecule has 2 aromatic carbocycles. The number of aliphatic hydroxyl groups is 1. The maximum atomic E-state index is 14.2. The number of hydrogen-bond donors (Lipinski definition) is 5. The molecule has 2 aromatic heterocycles. The van der Waals surface area contributed by atoms with Crippen molar-refractivity contribution in [2.75, 3.05) is 31.9 Å². The monoisotopic (exact) mass is 752 g/mol. The SMILES string of the molecule is Cc1ncsc1-c1ccc([C@H](C)NC(=O)[C@@H]2C[C@@H](O)CN2C(=O)[C@@H](NC(=O)CN2CC=C(c3cc(-c4ccccc4O)nnc3N)CC2)C(C)(C)C)cc1. The number of thiazole rings is 1. The second-order valence-corrected chi connectivity index (χ2v) is 16.0. The minimum Gasteiger partial charge on any atom is -0.507 e. The molecule has 1 saturated heterocycles. The van der Waals surface area contributed by atoms with Crippen molar-refractivity contribution in [3.63, 3.8) is 0 Å². The van der Waals surface area contributed by atoms with Crippen LogP contribution in [0.1, 0.15) is 63.4 Å². The minimum absolute atomic E-state index is 0.00502. The van der Waals surface area contributed by atoms with Crippen LogP contribution in [0.3, 0.4) is 0 Å². The Kier molecular flexibility index (Phi) is 11.5. The van der Waals surface area contributed by atoms with Crippen LogP contribution in [0.15, 0.2) is 66.2 Å². The number of aliphatic hydroxyl groups excluding tert-OH is 1. The minimum atomic E-state index is -0.933. The number of phenolic OH excluding ortho intramolecular Hbond substituents is 1. The number of likely N-dealkylation sites (tertiary alicyclic amines) is 1. The third-order valence-corrected chi connectivity index (χ3v) is 11.0. The third kappa shape index (κ3) is 8.61. The van der Waals surface area contributed by atoms with Crippen LogP contribution in [0.4, 0.5) is 5.82 Å². The molecule has 0 bridgehead atoms. The lowest BCUT2D eigenvalue weighted by Gasteiger charge is -2.36. The topological polar surface area (TPSA) is 187 Å². The summed E-state index contributed by atoms with van der Waals surface area (Å²) in [7, 11) is 0. The number of aryl methyl sites for hydroxylation is 1. The molecule has 1 fully saturated rings. The first-order chi connectivity index (χ1) is 25.7. The Morgan fingerprint density at radius 1 is 1.06 bits per heavy atom. The van der Waals surface area contributed by atoms with Crippen LogP contribution >= 0.6 is 11.3 Å². The standard InChI is InChI=1S/C40H48N8O5S/c1-23(25-10-12-27(13-11-25)35-24(2)42-22-54-35)43-38(52)32-18-28(49)20-48(32)39(53)36(40(3,4)5)44-34(51)21-47-16-14-26(15-17-47)30-19-31(45-46-37(30)41)29-8-6-7-9-33(29)50/h6-14,19,22-23,28,32,36,49-50H,15-18,20-21H2,1-5H3,(H2,41,46)(H,43,52)(H,44,51)/t23-,28+,32-,36+/m0/s1. The Labute approximate surface area is 319 Å². The number of carbonyl (C=O) groups excluding carboxylic acids is 3. The van der Waals surface area contributed by atoms with Crippen molar-refractivity contribution < 1.29 is 24.6 Å². The van der Waals surface area contributed by atoms with Crippen LogP contribution in [0.25, 0.3) is 27.3 Å². The summed E-state index contributed by atoms with van der Waals surface area (Å²) in [6.07, 6.45) is 1.83. The molecule has 0 spiro atoms. The number of aromatic hydroxyl groups is 1. The maximum Gasteiger partial charge on any atom is 0.246 e. The summed E-state index contributed by atoms with van der Waals surface area (Å²) in [5, 5.41) is 35.2. The molecule has 0 unspecified atom stereocenters. The Bertz CT molecular complexity index is 2040. The highest BCUT2D eigenvalue weighted by Crippen LogP contribution is 2.33. The van der Waals surface area contributed by atoms with Gasteiger partial charge in [-0.05, 0) is 60.6 Å². The normalized spacial score (nSPS) is 18.9. The Balaban J connectivity index is 1.08. The van der Waals surface area contributed by atoms with Gasteiger partial charge in [0.25, 0.3) is 0 Å². The van der Waals surface area contributed by atoms with Crippen molar-refractivity contribution in [1.29, 1.82) is 0 Å². The van der Waals surface area contributed by atoms with Gasteiger partial charge in [-0.3, -0.25) is 19.3 Å². The fourth-order valence-electron chi connectivity index (χ4n) is 7.00. The van der Waals surface area contributed by atoms with E-state index in [2.05, 4.69) is 25.8 Å². The highest BCUT2D eigenvalue weighted by atomic mass is 32.1. The second kappa shape index (κ2) is 16.0. The van der Waals surface area contributed by atoms with Gasteiger partial charge in [0.1, 0.15) is 17.8 Å². The van der Waals surface area contributed by atoms with Gasteiger partial charge >= 0.3 is 0 Å². The van der Waals surface area contributed by atoms with Gasteiger partial charge in [0, 0.05) is 37.2 Å². The van der Waals surface area contributed by atoms with Crippen LogP contribution in [-0.4, -0.2) is 97.3 Å². The molecule has 3 amide bonds. The van der Waals surface area contributed by atoms with Crippen molar-refractivity contribution in [3.8, 4) is 27.4 Å². The first kappa shape index (κ1) is 38.5. The van der Waals surface area contributed by atoms with E-state index in [0.29, 0.717) is 30.8 Å². The van der Waals surface area contributed by atoms with Gasteiger partial charge in [-0.2, -0.15) is 0 Å². The van der Waals surface area contributed by atoms with Crippen molar-refractivity contribution in [3.05, 3.63) is 83.0 Å². The number of carbonyl (C=O) groups is 3. The van der Waals surface area contributed by atoms with E-state index in [4.69, 9.17) is 5.73 Å². The summed E-state index contributed by atoms with van der Waals surface area (Å²) < 4.78 is 0. The summed E-state index contributed by atoms with van der Waals surface area (Å²) in [5.41, 5.74) is 13.0. The first-order valence-electron chi connectivity index (χ1n) is 18.1. The summed E-state index contributed by atoms with van der Waals surface area (Å²) >= 11 is 1.58. The number of benzene rings is 2. The molecule has 2 aliphatic heterocycles. The molecule has 284 valence electrons. The zero-order valence-corrected chi connectivity index (χ0v) is 32.1. The molecule has 2 aliphatic rings. The zero-order valence-electron chi connectivity index (χ0n) is 31.2. The van der Waals surface area contributed by atoms with Gasteiger partial charge in [-0.25, -0.2) is 4.98 Å². The van der Waals surface area contributed by atoms with Crippen LogP contribution in [0, 0.1) is 12.3 Å². The van der Waals surface area contributed by atoms with Crippen LogP contribution in [0.5, 0.6) is 5.75 Å². The lowest BCUT2D eigenvalue weighted by Crippen LogP contribution is -2.58. The molecule has 14 heteroatoms. The molecule has 6 N–H and O–H groups in total. The number of nitrogen functional groups attached to an aromatic ring is 1. The molecule has 0 aliphatic carbocycles. The largest absolute Gasteiger partial charge is 0.507 e. The number of amides is 3. The number of β-amino-alcohol motifs (C(OH)–C–C–N with tert-alkyl or cyclic N) is 1. The van der Waals surface area contributed by atoms with E-state index in [-0.39, 0.29) is 48.9 Å². The quantitative estimate of drug-likeness (QED) is 0.156. The summed E-state index contributed by atoms with van der Waals surface area (Å²) in [5.74, 6) is -0.714. The summed E-state index contributed by atoms with van der Waals surface area (Å²) in [6.45, 7) is 10.5. The third-order valence-electron chi connectivity index (χ3n) is 10.1. The smallest absolute Gasteiger partial charge is 0.246 e. The molecule has 0 saturated carbocycles. The molecule has 54 heavy (non-hydrogen) atoms. The highest BCUT2D eigenvalue weighted by Gasteiger charge is 2.44. The lowest BCUT2D eigenvalue weighted by atomic mass is 9.85. The number of nitrogens with two attached hydrogens (primary N) is 1. The van der Waals surface area contributed by atoms with Crippen LogP contribution < -0.4 is 16.4 Å². The van der Waals surface area contributed by atoms with Crippen LogP contribution in [0.2, 0.25) is 0 Å². The van der Waals surface area contributed by atoms with Gasteiger partial charge in [-0.15, -0.1) is 21.5 Å². The molecule has 0 radical (unpaired) electrons. The Hall–Kier alpha value is -5.18. The average Bonchev–Trinajstić information content (AvgIpc) is 3.76. The summed E-state index contributed by atoms with van der Waals surface area (Å²) in [4.78, 5) is 50.1. The second-order valence-electron chi connectivity index (χ2n) is 15.1. The van der Waals surface area contributed by atoms with E-state index in [9.17, 15) is 24.6 Å². The average molecular weight is 753 g/mol. The van der Waals surface area contributed by atoms with Crippen LogP contribution in [-0.2, 0) is 14.4 Å².